The Morgan fingerprint density at radius 3 is 2.35 bits per heavy atom. The van der Waals surface area contributed by atoms with E-state index in [4.69, 9.17) is 10.8 Å². The van der Waals surface area contributed by atoms with Crippen LogP contribution in [-0.2, 0) is 9.59 Å². The van der Waals surface area contributed by atoms with E-state index >= 15 is 0 Å². The number of carbonyl (C=O) groups excluding carboxylic acids is 1. The number of likely N-dealkylation sites (tertiary alicyclic amines) is 1. The minimum Gasteiger partial charge on any atom is -0.480 e. The van der Waals surface area contributed by atoms with Gasteiger partial charge in [0, 0.05) is 13.0 Å². The molecule has 1 fully saturated rings. The lowest BCUT2D eigenvalue weighted by Gasteiger charge is -2.31. The standard InChI is InChI=1S/C11H20N2O4/c1-11(2,3)8(12)9(15)13-5-6(14)4-7(13)10(16)17/h6-8,14H,4-5,12H2,1-3H3,(H,16,17)/t6?,7?,8-/m0/s1. The van der Waals surface area contributed by atoms with Crippen LogP contribution < -0.4 is 5.73 Å². The molecule has 1 aliphatic rings. The Morgan fingerprint density at radius 2 is 1.94 bits per heavy atom. The van der Waals surface area contributed by atoms with Crippen LogP contribution in [0.4, 0.5) is 0 Å². The summed E-state index contributed by atoms with van der Waals surface area (Å²) < 4.78 is 0. The van der Waals surface area contributed by atoms with Gasteiger partial charge in [-0.05, 0) is 5.41 Å². The molecule has 1 amide bonds. The lowest BCUT2D eigenvalue weighted by molar-refractivity contribution is -0.149. The molecular formula is C11H20N2O4. The largest absolute Gasteiger partial charge is 0.480 e. The third-order valence-electron chi connectivity index (χ3n) is 3.05. The van der Waals surface area contributed by atoms with E-state index in [1.54, 1.807) is 0 Å². The molecule has 0 bridgehead atoms. The highest BCUT2D eigenvalue weighted by Crippen LogP contribution is 2.24. The molecule has 1 heterocycles. The number of hydrogen-bond donors (Lipinski definition) is 3. The first-order valence-electron chi connectivity index (χ1n) is 5.61. The highest BCUT2D eigenvalue weighted by molar-refractivity contribution is 5.88. The molecule has 6 heteroatoms. The van der Waals surface area contributed by atoms with Crippen molar-refractivity contribution in [3.63, 3.8) is 0 Å². The first-order valence-corrected chi connectivity index (χ1v) is 5.61. The van der Waals surface area contributed by atoms with Crippen LogP contribution in [0.1, 0.15) is 27.2 Å². The van der Waals surface area contributed by atoms with Crippen LogP contribution in [0.25, 0.3) is 0 Å². The lowest BCUT2D eigenvalue weighted by Crippen LogP contribution is -2.53. The average molecular weight is 244 g/mol. The Bertz CT molecular complexity index is 324. The molecule has 0 radical (unpaired) electrons. The summed E-state index contributed by atoms with van der Waals surface area (Å²) in [6, 6.07) is -1.74. The van der Waals surface area contributed by atoms with Gasteiger partial charge in [-0.2, -0.15) is 0 Å². The molecule has 1 rings (SSSR count). The van der Waals surface area contributed by atoms with Crippen molar-refractivity contribution >= 4 is 11.9 Å². The minimum absolute atomic E-state index is 0.0413. The number of carboxylic acid groups (broad SMARTS) is 1. The number of rotatable bonds is 2. The summed E-state index contributed by atoms with van der Waals surface area (Å²) in [6.45, 7) is 5.49. The fourth-order valence-corrected chi connectivity index (χ4v) is 1.84. The van der Waals surface area contributed by atoms with Crippen LogP contribution in [0.2, 0.25) is 0 Å². The molecule has 0 aromatic carbocycles. The molecular weight excluding hydrogens is 224 g/mol. The molecule has 2 unspecified atom stereocenters. The van der Waals surface area contributed by atoms with Crippen molar-refractivity contribution in [3.05, 3.63) is 0 Å². The van der Waals surface area contributed by atoms with Crippen LogP contribution in [0.15, 0.2) is 0 Å². The molecule has 98 valence electrons. The number of hydrogen-bond acceptors (Lipinski definition) is 4. The quantitative estimate of drug-likeness (QED) is 0.602. The Balaban J connectivity index is 2.84. The highest BCUT2D eigenvalue weighted by atomic mass is 16.4. The van der Waals surface area contributed by atoms with Crippen molar-refractivity contribution in [1.29, 1.82) is 0 Å². The number of carbonyl (C=O) groups is 2. The van der Waals surface area contributed by atoms with Crippen LogP contribution >= 0.6 is 0 Å². The van der Waals surface area contributed by atoms with Crippen LogP contribution in [-0.4, -0.2) is 51.7 Å². The number of nitrogens with zero attached hydrogens (tertiary/aromatic N) is 1. The summed E-state index contributed by atoms with van der Waals surface area (Å²) in [5.41, 5.74) is 5.38. The third kappa shape index (κ3) is 2.95. The maximum absolute atomic E-state index is 12.1. The van der Waals surface area contributed by atoms with E-state index in [2.05, 4.69) is 0 Å². The van der Waals surface area contributed by atoms with Crippen molar-refractivity contribution in [3.8, 4) is 0 Å². The number of nitrogens with two attached hydrogens (primary N) is 1. The lowest BCUT2D eigenvalue weighted by atomic mass is 9.86. The van der Waals surface area contributed by atoms with Gasteiger partial charge in [0.2, 0.25) is 5.91 Å². The zero-order chi connectivity index (χ0) is 13.4. The Labute approximate surface area is 100 Å². The second-order valence-electron chi connectivity index (χ2n) is 5.58. The predicted molar refractivity (Wildman–Crippen MR) is 61.2 cm³/mol. The van der Waals surface area contributed by atoms with E-state index in [1.807, 2.05) is 20.8 Å². The smallest absolute Gasteiger partial charge is 0.326 e. The molecule has 1 saturated heterocycles. The van der Waals surface area contributed by atoms with Crippen molar-refractivity contribution in [2.45, 2.75) is 45.4 Å². The van der Waals surface area contributed by atoms with Gasteiger partial charge in [-0.3, -0.25) is 4.79 Å². The van der Waals surface area contributed by atoms with E-state index < -0.39 is 35.5 Å². The number of aliphatic hydroxyl groups is 1. The molecule has 0 aromatic rings. The molecule has 1 aliphatic heterocycles. The van der Waals surface area contributed by atoms with E-state index in [0.717, 1.165) is 0 Å². The van der Waals surface area contributed by atoms with Gasteiger partial charge in [0.15, 0.2) is 0 Å². The van der Waals surface area contributed by atoms with Gasteiger partial charge in [0.1, 0.15) is 6.04 Å². The molecule has 4 N–H and O–H groups in total. The van der Waals surface area contributed by atoms with Gasteiger partial charge in [0.05, 0.1) is 12.1 Å². The van der Waals surface area contributed by atoms with Gasteiger partial charge in [0.25, 0.3) is 0 Å². The topological polar surface area (TPSA) is 104 Å². The Morgan fingerprint density at radius 1 is 1.41 bits per heavy atom. The number of amides is 1. The monoisotopic (exact) mass is 244 g/mol. The zero-order valence-electron chi connectivity index (χ0n) is 10.4. The normalized spacial score (nSPS) is 27.0. The van der Waals surface area contributed by atoms with Crippen molar-refractivity contribution in [2.24, 2.45) is 11.1 Å². The maximum Gasteiger partial charge on any atom is 0.326 e. The molecule has 0 aliphatic carbocycles. The molecule has 0 aromatic heterocycles. The number of aliphatic hydroxyl groups excluding tert-OH is 1. The number of β-amino-alcohol motifs (C(OH)–C–C–N with tert-alkyl or cyclic N) is 1. The van der Waals surface area contributed by atoms with E-state index in [0.29, 0.717) is 0 Å². The molecule has 3 atom stereocenters. The summed E-state index contributed by atoms with van der Waals surface area (Å²) in [5.74, 6) is -1.52. The second-order valence-corrected chi connectivity index (χ2v) is 5.58. The summed E-state index contributed by atoms with van der Waals surface area (Å²) in [5, 5.41) is 18.4. The van der Waals surface area contributed by atoms with Crippen molar-refractivity contribution < 1.29 is 19.8 Å². The van der Waals surface area contributed by atoms with Crippen LogP contribution in [0.3, 0.4) is 0 Å². The van der Waals surface area contributed by atoms with Crippen LogP contribution in [0.5, 0.6) is 0 Å². The van der Waals surface area contributed by atoms with Gasteiger partial charge < -0.3 is 20.8 Å². The van der Waals surface area contributed by atoms with Gasteiger partial charge in [-0.15, -0.1) is 0 Å². The van der Waals surface area contributed by atoms with Crippen molar-refractivity contribution in [2.75, 3.05) is 6.54 Å². The van der Waals surface area contributed by atoms with Gasteiger partial charge in [-0.1, -0.05) is 20.8 Å². The average Bonchev–Trinajstić information content (AvgIpc) is 2.56. The van der Waals surface area contributed by atoms with E-state index in [9.17, 15) is 14.7 Å². The van der Waals surface area contributed by atoms with Gasteiger partial charge in [-0.25, -0.2) is 4.79 Å². The van der Waals surface area contributed by atoms with Crippen LogP contribution in [0, 0.1) is 5.41 Å². The Kier molecular flexibility index (Phi) is 3.78. The second kappa shape index (κ2) is 4.62. The summed E-state index contributed by atoms with van der Waals surface area (Å²) in [6.07, 6.45) is -0.718. The number of aliphatic carboxylic acids is 1. The third-order valence-corrected chi connectivity index (χ3v) is 3.05. The predicted octanol–water partition coefficient (Wildman–Crippen LogP) is -0.594. The molecule has 0 spiro atoms. The fourth-order valence-electron chi connectivity index (χ4n) is 1.84. The fraction of sp³-hybridized carbons (Fsp3) is 0.818. The molecule has 6 nitrogen and oxygen atoms in total. The van der Waals surface area contributed by atoms with E-state index in [-0.39, 0.29) is 13.0 Å². The SMILES string of the molecule is CC(C)(C)[C@@H](N)C(=O)N1CC(O)CC1C(=O)O. The summed E-state index contributed by atoms with van der Waals surface area (Å²) in [7, 11) is 0. The first kappa shape index (κ1) is 13.9. The first-order chi connectivity index (χ1) is 7.64. The van der Waals surface area contributed by atoms with E-state index in [1.165, 1.54) is 4.90 Å². The molecule has 17 heavy (non-hydrogen) atoms. The molecule has 0 saturated carbocycles. The highest BCUT2D eigenvalue weighted by Gasteiger charge is 2.42. The summed E-state index contributed by atoms with van der Waals surface area (Å²) >= 11 is 0. The number of carboxylic acids is 1. The maximum atomic E-state index is 12.1. The zero-order valence-corrected chi connectivity index (χ0v) is 10.4. The minimum atomic E-state index is -1.10. The van der Waals surface area contributed by atoms with Crippen molar-refractivity contribution in [1.82, 2.24) is 4.90 Å². The Hall–Kier alpha value is -1.14. The summed E-state index contributed by atoms with van der Waals surface area (Å²) in [4.78, 5) is 24.2. The van der Waals surface area contributed by atoms with Gasteiger partial charge >= 0.3 is 5.97 Å².